The molecule has 7 nitrogen and oxygen atoms in total. The van der Waals surface area contributed by atoms with Crippen LogP contribution in [0.2, 0.25) is 0 Å². The minimum Gasteiger partial charge on any atom is -0.383 e. The van der Waals surface area contributed by atoms with Crippen molar-refractivity contribution in [1.82, 2.24) is 24.6 Å². The Kier molecular flexibility index (Phi) is 5.81. The number of rotatable bonds is 4. The topological polar surface area (TPSA) is 84.9 Å². The Morgan fingerprint density at radius 3 is 2.53 bits per heavy atom. The molecular formula is C19H25F4N7. The van der Waals surface area contributed by atoms with Gasteiger partial charge >= 0.3 is 6.18 Å². The summed E-state index contributed by atoms with van der Waals surface area (Å²) in [7, 11) is 0. The maximum absolute atomic E-state index is 14.9. The van der Waals surface area contributed by atoms with Crippen LogP contribution in [0, 0.1) is 0 Å². The van der Waals surface area contributed by atoms with Gasteiger partial charge < -0.3 is 11.1 Å². The molecular weight excluding hydrogens is 402 g/mol. The van der Waals surface area contributed by atoms with Crippen LogP contribution in [-0.4, -0.2) is 50.0 Å². The number of hydrogen-bond donors (Lipinski definition) is 2. The van der Waals surface area contributed by atoms with E-state index in [1.807, 2.05) is 0 Å². The highest BCUT2D eigenvalue weighted by molar-refractivity contribution is 5.53. The minimum atomic E-state index is -4.61. The molecule has 30 heavy (non-hydrogen) atoms. The highest BCUT2D eigenvalue weighted by Gasteiger charge is 2.35. The van der Waals surface area contributed by atoms with Crippen LogP contribution in [0.1, 0.15) is 50.1 Å². The number of nitrogens with one attached hydrogen (secondary N) is 1. The average Bonchev–Trinajstić information content (AvgIpc) is 3.15. The summed E-state index contributed by atoms with van der Waals surface area (Å²) in [5.41, 5.74) is 4.76. The second kappa shape index (κ2) is 8.37. The van der Waals surface area contributed by atoms with E-state index in [2.05, 4.69) is 25.3 Å². The number of alkyl halides is 4. The molecule has 0 unspecified atom stereocenters. The molecule has 11 heteroatoms. The summed E-state index contributed by atoms with van der Waals surface area (Å²) < 4.78 is 54.8. The van der Waals surface area contributed by atoms with Crippen LogP contribution >= 0.6 is 0 Å². The quantitative estimate of drug-likeness (QED) is 0.719. The van der Waals surface area contributed by atoms with E-state index < -0.39 is 23.7 Å². The molecule has 0 spiro atoms. The molecule has 2 atom stereocenters. The third-order valence-corrected chi connectivity index (χ3v) is 5.95. The number of likely N-dealkylation sites (tertiary alicyclic amines) is 1. The molecule has 0 amide bonds. The Hall–Kier alpha value is -2.43. The molecule has 0 bridgehead atoms. The summed E-state index contributed by atoms with van der Waals surface area (Å²) in [6.07, 6.45) is 4.70. The molecule has 1 aliphatic carbocycles. The summed E-state index contributed by atoms with van der Waals surface area (Å²) in [5.74, 6) is -0.740. The van der Waals surface area contributed by atoms with Gasteiger partial charge in [0.1, 0.15) is 17.6 Å². The van der Waals surface area contributed by atoms with Crippen LogP contribution in [0.4, 0.5) is 35.0 Å². The number of hydrogen-bond acceptors (Lipinski definition) is 6. The van der Waals surface area contributed by atoms with E-state index in [1.165, 1.54) is 25.5 Å². The van der Waals surface area contributed by atoms with E-state index in [-0.39, 0.29) is 12.0 Å². The highest BCUT2D eigenvalue weighted by atomic mass is 19.4. The van der Waals surface area contributed by atoms with Crippen molar-refractivity contribution in [2.75, 3.05) is 24.1 Å². The lowest BCUT2D eigenvalue weighted by Gasteiger charge is -2.40. The van der Waals surface area contributed by atoms with Crippen molar-refractivity contribution < 1.29 is 17.6 Å². The monoisotopic (exact) mass is 427 g/mol. The van der Waals surface area contributed by atoms with Crippen LogP contribution in [0.5, 0.6) is 0 Å². The Bertz CT molecular complexity index is 863. The molecule has 2 aromatic rings. The highest BCUT2D eigenvalue weighted by Crippen LogP contribution is 2.33. The summed E-state index contributed by atoms with van der Waals surface area (Å²) in [6.45, 7) is 1.23. The Balaban J connectivity index is 1.39. The SMILES string of the molecule is Nc1nc(Nc2cnn([C@@H]3CCN(C4CCCCC4)C[C@H]3F)c2)ncc1C(F)(F)F. The molecule has 164 valence electrons. The number of piperidine rings is 1. The maximum Gasteiger partial charge on any atom is 0.421 e. The van der Waals surface area contributed by atoms with Crippen LogP contribution in [0.3, 0.4) is 0 Å². The fourth-order valence-corrected chi connectivity index (χ4v) is 4.38. The Morgan fingerprint density at radius 2 is 1.87 bits per heavy atom. The molecule has 4 rings (SSSR count). The van der Waals surface area contributed by atoms with Crippen LogP contribution < -0.4 is 11.1 Å². The number of nitrogens with zero attached hydrogens (tertiary/aromatic N) is 5. The predicted molar refractivity (Wildman–Crippen MR) is 104 cm³/mol. The van der Waals surface area contributed by atoms with E-state index in [0.717, 1.165) is 19.4 Å². The van der Waals surface area contributed by atoms with Gasteiger partial charge in [-0.25, -0.2) is 9.37 Å². The van der Waals surface area contributed by atoms with E-state index >= 15 is 0 Å². The first-order valence-corrected chi connectivity index (χ1v) is 10.2. The second-order valence-electron chi connectivity index (χ2n) is 7.98. The smallest absolute Gasteiger partial charge is 0.383 e. The zero-order chi connectivity index (χ0) is 21.3. The fraction of sp³-hybridized carbons (Fsp3) is 0.632. The summed E-state index contributed by atoms with van der Waals surface area (Å²) in [6, 6.07) is 0.106. The van der Waals surface area contributed by atoms with Crippen LogP contribution in [-0.2, 0) is 6.18 Å². The minimum absolute atomic E-state index is 0.0797. The molecule has 3 N–H and O–H groups in total. The number of anilines is 3. The first-order chi connectivity index (χ1) is 14.3. The third kappa shape index (κ3) is 4.50. The van der Waals surface area contributed by atoms with Crippen LogP contribution in [0.15, 0.2) is 18.6 Å². The first-order valence-electron chi connectivity index (χ1n) is 10.2. The normalized spacial score (nSPS) is 24.1. The average molecular weight is 427 g/mol. The van der Waals surface area contributed by atoms with Gasteiger partial charge in [-0.2, -0.15) is 23.3 Å². The number of aromatic nitrogens is 4. The van der Waals surface area contributed by atoms with Gasteiger partial charge in [0.05, 0.1) is 17.9 Å². The van der Waals surface area contributed by atoms with Gasteiger partial charge in [-0.3, -0.25) is 9.58 Å². The van der Waals surface area contributed by atoms with E-state index in [9.17, 15) is 17.6 Å². The summed E-state index contributed by atoms with van der Waals surface area (Å²) >= 11 is 0. The van der Waals surface area contributed by atoms with Gasteiger partial charge in [0.25, 0.3) is 0 Å². The molecule has 0 aromatic carbocycles. The van der Waals surface area contributed by atoms with Crippen molar-refractivity contribution in [2.24, 2.45) is 0 Å². The van der Waals surface area contributed by atoms with E-state index in [0.29, 0.717) is 30.9 Å². The molecule has 1 saturated carbocycles. The summed E-state index contributed by atoms with van der Waals surface area (Å²) in [4.78, 5) is 9.58. The fourth-order valence-electron chi connectivity index (χ4n) is 4.38. The lowest BCUT2D eigenvalue weighted by atomic mass is 9.91. The van der Waals surface area contributed by atoms with Crippen molar-refractivity contribution in [2.45, 2.75) is 63.0 Å². The molecule has 3 heterocycles. The molecule has 1 saturated heterocycles. The van der Waals surface area contributed by atoms with Crippen molar-refractivity contribution in [3.8, 4) is 0 Å². The van der Waals surface area contributed by atoms with Crippen molar-refractivity contribution in [3.63, 3.8) is 0 Å². The molecule has 2 aliphatic rings. The third-order valence-electron chi connectivity index (χ3n) is 5.95. The second-order valence-corrected chi connectivity index (χ2v) is 7.98. The number of halogens is 4. The van der Waals surface area contributed by atoms with Gasteiger partial charge in [-0.15, -0.1) is 0 Å². The first kappa shape index (κ1) is 20.8. The lowest BCUT2D eigenvalue weighted by Crippen LogP contribution is -2.48. The number of nitrogens with two attached hydrogens (primary N) is 1. The van der Waals surface area contributed by atoms with Gasteiger partial charge in [0.15, 0.2) is 0 Å². The molecule has 2 aromatic heterocycles. The van der Waals surface area contributed by atoms with Gasteiger partial charge in [0, 0.05) is 31.5 Å². The van der Waals surface area contributed by atoms with Crippen molar-refractivity contribution in [1.29, 1.82) is 0 Å². The zero-order valence-electron chi connectivity index (χ0n) is 16.4. The lowest BCUT2D eigenvalue weighted by molar-refractivity contribution is -0.137. The summed E-state index contributed by atoms with van der Waals surface area (Å²) in [5, 5.41) is 7.00. The Labute approximate surface area is 171 Å². The molecule has 0 radical (unpaired) electrons. The van der Waals surface area contributed by atoms with Gasteiger partial charge in [0.2, 0.25) is 5.95 Å². The van der Waals surface area contributed by atoms with Crippen molar-refractivity contribution in [3.05, 3.63) is 24.2 Å². The van der Waals surface area contributed by atoms with Crippen molar-refractivity contribution >= 4 is 17.5 Å². The maximum atomic E-state index is 14.9. The van der Waals surface area contributed by atoms with Gasteiger partial charge in [-0.1, -0.05) is 19.3 Å². The van der Waals surface area contributed by atoms with E-state index in [4.69, 9.17) is 5.73 Å². The zero-order valence-corrected chi connectivity index (χ0v) is 16.4. The predicted octanol–water partition coefficient (Wildman–Crippen LogP) is 3.94. The standard InChI is InChI=1S/C19H25F4N7/c20-15-11-29(13-4-2-1-3-5-13)7-6-16(15)30-10-12(8-26-30)27-18-25-9-14(17(24)28-18)19(21,22)23/h8-10,13,15-16H,1-7,11H2,(H3,24,25,27,28)/t15-,16-/m1/s1. The van der Waals surface area contributed by atoms with Crippen LogP contribution in [0.25, 0.3) is 0 Å². The largest absolute Gasteiger partial charge is 0.421 e. The number of nitrogen functional groups attached to an aromatic ring is 1. The van der Waals surface area contributed by atoms with Gasteiger partial charge in [-0.05, 0) is 19.3 Å². The van der Waals surface area contributed by atoms with E-state index in [1.54, 1.807) is 10.9 Å². The Morgan fingerprint density at radius 1 is 1.10 bits per heavy atom. The molecule has 1 aliphatic heterocycles. The molecule has 2 fully saturated rings.